The lowest BCUT2D eigenvalue weighted by atomic mass is 10.2. The Morgan fingerprint density at radius 2 is 2.00 bits per heavy atom. The largest absolute Gasteiger partial charge is 0.508 e. The van der Waals surface area contributed by atoms with Gasteiger partial charge >= 0.3 is 6.09 Å². The molecular formula is C18H18ClNO3. The number of carbonyl (C=O) groups is 1. The molecule has 0 bridgehead atoms. The zero-order chi connectivity index (χ0) is 16.5. The second kappa shape index (κ2) is 8.86. The molecule has 2 rings (SSSR count). The van der Waals surface area contributed by atoms with Gasteiger partial charge in [0.1, 0.15) is 12.4 Å². The van der Waals surface area contributed by atoms with E-state index in [0.717, 1.165) is 11.1 Å². The molecule has 0 radical (unpaired) electrons. The topological polar surface area (TPSA) is 58.6 Å². The maximum absolute atomic E-state index is 11.5. The number of carbonyl (C=O) groups excluding carboxylic acids is 1. The summed E-state index contributed by atoms with van der Waals surface area (Å²) in [4.78, 5) is 11.5. The van der Waals surface area contributed by atoms with Crippen molar-refractivity contribution in [3.63, 3.8) is 0 Å². The van der Waals surface area contributed by atoms with Crippen molar-refractivity contribution in [1.29, 1.82) is 0 Å². The van der Waals surface area contributed by atoms with Crippen LogP contribution in [0.3, 0.4) is 0 Å². The molecule has 2 aromatic carbocycles. The molecule has 1 amide bonds. The highest BCUT2D eigenvalue weighted by Crippen LogP contribution is 2.22. The molecule has 0 heterocycles. The van der Waals surface area contributed by atoms with Gasteiger partial charge in [0.2, 0.25) is 0 Å². The van der Waals surface area contributed by atoms with Crippen LogP contribution in [-0.2, 0) is 11.3 Å². The molecule has 23 heavy (non-hydrogen) atoms. The number of benzene rings is 2. The highest BCUT2D eigenvalue weighted by Gasteiger charge is 2.01. The number of alkyl carbamates (subject to hydrolysis) is 1. The van der Waals surface area contributed by atoms with Crippen molar-refractivity contribution >= 4 is 23.8 Å². The molecule has 0 spiro atoms. The molecule has 0 saturated carbocycles. The van der Waals surface area contributed by atoms with E-state index in [2.05, 4.69) is 5.32 Å². The number of nitrogens with one attached hydrogen (secondary N) is 1. The van der Waals surface area contributed by atoms with Crippen LogP contribution < -0.4 is 5.32 Å². The van der Waals surface area contributed by atoms with E-state index in [1.807, 2.05) is 36.4 Å². The first-order chi connectivity index (χ1) is 11.1. The predicted molar refractivity (Wildman–Crippen MR) is 91.4 cm³/mol. The van der Waals surface area contributed by atoms with Crippen LogP contribution >= 0.6 is 11.6 Å². The first kappa shape index (κ1) is 16.9. The molecule has 0 aliphatic carbocycles. The summed E-state index contributed by atoms with van der Waals surface area (Å²) in [6, 6.07) is 14.3. The Bertz CT molecular complexity index is 671. The Morgan fingerprint density at radius 1 is 1.22 bits per heavy atom. The molecule has 0 unspecified atom stereocenters. The number of amides is 1. The maximum atomic E-state index is 11.5. The molecule has 0 fully saturated rings. The van der Waals surface area contributed by atoms with Crippen molar-refractivity contribution in [2.75, 3.05) is 6.54 Å². The quantitative estimate of drug-likeness (QED) is 0.772. The first-order valence-electron chi connectivity index (χ1n) is 7.25. The van der Waals surface area contributed by atoms with Crippen molar-refractivity contribution in [3.8, 4) is 5.75 Å². The Balaban J connectivity index is 1.67. The van der Waals surface area contributed by atoms with Gasteiger partial charge < -0.3 is 15.2 Å². The number of phenolic OH excluding ortho intramolecular Hbond substituents is 1. The summed E-state index contributed by atoms with van der Waals surface area (Å²) in [6.07, 6.45) is 3.86. The molecule has 4 nitrogen and oxygen atoms in total. The lowest BCUT2D eigenvalue weighted by molar-refractivity contribution is 0.140. The van der Waals surface area contributed by atoms with Gasteiger partial charge in [0.25, 0.3) is 0 Å². The van der Waals surface area contributed by atoms with E-state index in [9.17, 15) is 9.90 Å². The van der Waals surface area contributed by atoms with E-state index >= 15 is 0 Å². The van der Waals surface area contributed by atoms with Crippen molar-refractivity contribution in [3.05, 3.63) is 70.8 Å². The predicted octanol–water partition coefficient (Wildman–Crippen LogP) is 4.38. The first-order valence-corrected chi connectivity index (χ1v) is 7.62. The Morgan fingerprint density at radius 3 is 2.78 bits per heavy atom. The SMILES string of the molecule is O=C(NCCC=Cc1cc(O)ccc1Cl)OCc1ccccc1. The van der Waals surface area contributed by atoms with Crippen LogP contribution in [0.25, 0.3) is 6.08 Å². The Kier molecular flexibility index (Phi) is 6.51. The van der Waals surface area contributed by atoms with Crippen LogP contribution in [0.1, 0.15) is 17.5 Å². The van der Waals surface area contributed by atoms with Gasteiger partial charge in [-0.25, -0.2) is 4.79 Å². The Labute approximate surface area is 140 Å². The van der Waals surface area contributed by atoms with Crippen molar-refractivity contribution in [2.24, 2.45) is 0 Å². The lowest BCUT2D eigenvalue weighted by Gasteiger charge is -2.06. The van der Waals surface area contributed by atoms with Gasteiger partial charge in [-0.15, -0.1) is 0 Å². The highest BCUT2D eigenvalue weighted by atomic mass is 35.5. The smallest absolute Gasteiger partial charge is 0.407 e. The highest BCUT2D eigenvalue weighted by molar-refractivity contribution is 6.32. The van der Waals surface area contributed by atoms with E-state index in [-0.39, 0.29) is 12.4 Å². The van der Waals surface area contributed by atoms with Crippen LogP contribution in [0.2, 0.25) is 5.02 Å². The number of halogens is 1. The second-order valence-electron chi connectivity index (χ2n) is 4.89. The van der Waals surface area contributed by atoms with E-state index in [0.29, 0.717) is 18.0 Å². The van der Waals surface area contributed by atoms with Crippen molar-refractivity contribution in [2.45, 2.75) is 13.0 Å². The van der Waals surface area contributed by atoms with Gasteiger partial charge in [-0.2, -0.15) is 0 Å². The third kappa shape index (κ3) is 6.04. The van der Waals surface area contributed by atoms with Crippen LogP contribution in [0, 0.1) is 0 Å². The van der Waals surface area contributed by atoms with Gasteiger partial charge in [-0.05, 0) is 35.7 Å². The summed E-state index contributed by atoms with van der Waals surface area (Å²) in [6.45, 7) is 0.710. The minimum atomic E-state index is -0.447. The third-order valence-corrected chi connectivity index (χ3v) is 3.41. The van der Waals surface area contributed by atoms with Gasteiger partial charge in [0.15, 0.2) is 0 Å². The summed E-state index contributed by atoms with van der Waals surface area (Å²) in [5.41, 5.74) is 1.68. The fraction of sp³-hybridized carbons (Fsp3) is 0.167. The molecule has 0 saturated heterocycles. The summed E-state index contributed by atoms with van der Waals surface area (Å²) in [7, 11) is 0. The summed E-state index contributed by atoms with van der Waals surface area (Å²) >= 11 is 6.01. The number of ether oxygens (including phenoxy) is 1. The fourth-order valence-electron chi connectivity index (χ4n) is 1.90. The van der Waals surface area contributed by atoms with E-state index in [1.165, 1.54) is 6.07 Å². The fourth-order valence-corrected chi connectivity index (χ4v) is 2.08. The zero-order valence-corrected chi connectivity index (χ0v) is 13.3. The minimum Gasteiger partial charge on any atom is -0.508 e. The van der Waals surface area contributed by atoms with Gasteiger partial charge in [0, 0.05) is 11.6 Å². The van der Waals surface area contributed by atoms with Gasteiger partial charge in [-0.1, -0.05) is 54.1 Å². The normalized spacial score (nSPS) is 10.7. The second-order valence-corrected chi connectivity index (χ2v) is 5.29. The summed E-state index contributed by atoms with van der Waals surface area (Å²) < 4.78 is 5.10. The standard InChI is InChI=1S/C18H18ClNO3/c19-17-10-9-16(21)12-15(17)8-4-5-11-20-18(22)23-13-14-6-2-1-3-7-14/h1-4,6-10,12,21H,5,11,13H2,(H,20,22). The van der Waals surface area contributed by atoms with Gasteiger partial charge in [-0.3, -0.25) is 0 Å². The van der Waals surface area contributed by atoms with E-state index in [4.69, 9.17) is 16.3 Å². The number of phenols is 1. The van der Waals surface area contributed by atoms with Crippen molar-refractivity contribution in [1.82, 2.24) is 5.32 Å². The zero-order valence-electron chi connectivity index (χ0n) is 12.5. The number of hydrogen-bond acceptors (Lipinski definition) is 3. The van der Waals surface area contributed by atoms with Gasteiger partial charge in [0.05, 0.1) is 0 Å². The van der Waals surface area contributed by atoms with E-state index in [1.54, 1.807) is 18.2 Å². The monoisotopic (exact) mass is 331 g/mol. The molecule has 0 aliphatic rings. The molecule has 0 aromatic heterocycles. The minimum absolute atomic E-state index is 0.164. The maximum Gasteiger partial charge on any atom is 0.407 e. The summed E-state index contributed by atoms with van der Waals surface area (Å²) in [5, 5.41) is 12.6. The molecule has 2 aromatic rings. The van der Waals surface area contributed by atoms with Crippen LogP contribution in [0.4, 0.5) is 4.79 Å². The lowest BCUT2D eigenvalue weighted by Crippen LogP contribution is -2.24. The van der Waals surface area contributed by atoms with Crippen LogP contribution in [0.5, 0.6) is 5.75 Å². The number of aromatic hydroxyl groups is 1. The molecule has 0 aliphatic heterocycles. The van der Waals surface area contributed by atoms with Crippen LogP contribution in [0.15, 0.2) is 54.6 Å². The average molecular weight is 332 g/mol. The van der Waals surface area contributed by atoms with Crippen LogP contribution in [-0.4, -0.2) is 17.7 Å². The summed E-state index contributed by atoms with van der Waals surface area (Å²) in [5.74, 6) is 0.164. The molecule has 0 atom stereocenters. The molecule has 120 valence electrons. The molecule has 2 N–H and O–H groups in total. The average Bonchev–Trinajstić information content (AvgIpc) is 2.56. The van der Waals surface area contributed by atoms with E-state index < -0.39 is 6.09 Å². The molecular weight excluding hydrogens is 314 g/mol. The Hall–Kier alpha value is -2.46. The van der Waals surface area contributed by atoms with Crippen molar-refractivity contribution < 1.29 is 14.6 Å². The molecule has 5 heteroatoms. The third-order valence-electron chi connectivity index (χ3n) is 3.07. The number of hydrogen-bond donors (Lipinski definition) is 2. The number of rotatable bonds is 6.